The van der Waals surface area contributed by atoms with Crippen molar-refractivity contribution in [3.05, 3.63) is 71.5 Å². The number of benzene rings is 2. The lowest BCUT2D eigenvalue weighted by Gasteiger charge is -2.14. The molecule has 1 atom stereocenters. The lowest BCUT2D eigenvalue weighted by atomic mass is 10.1. The monoisotopic (exact) mass is 271 g/mol. The minimum absolute atomic E-state index is 0.00214. The molecule has 104 valence electrons. The molecule has 0 heterocycles. The maximum Gasteiger partial charge on any atom is 0.254 e. The minimum Gasteiger partial charge on any atom is -0.349 e. The number of carbonyl (C=O) groups excluding carboxylic acids is 1. The second-order valence-corrected chi connectivity index (χ2v) is 4.88. The highest BCUT2D eigenvalue weighted by Gasteiger charge is 2.13. The molecule has 2 rings (SSSR count). The van der Waals surface area contributed by atoms with Crippen LogP contribution in [-0.4, -0.2) is 11.9 Å². The highest BCUT2D eigenvalue weighted by molar-refractivity contribution is 5.94. The Bertz CT molecular complexity index is 568. The van der Waals surface area contributed by atoms with E-state index in [1.807, 2.05) is 25.1 Å². The van der Waals surface area contributed by atoms with Crippen LogP contribution in [0.25, 0.3) is 0 Å². The van der Waals surface area contributed by atoms with Gasteiger partial charge in [-0.1, -0.05) is 42.5 Å². The average molecular weight is 271 g/mol. The molecule has 0 aliphatic carbocycles. The summed E-state index contributed by atoms with van der Waals surface area (Å²) in [5.41, 5.74) is 1.33. The summed E-state index contributed by atoms with van der Waals surface area (Å²) in [5.74, 6) is -0.844. The van der Waals surface area contributed by atoms with Gasteiger partial charge in [0.05, 0.1) is 5.56 Å². The molecule has 2 nitrogen and oxygen atoms in total. The van der Waals surface area contributed by atoms with Crippen molar-refractivity contribution in [2.75, 3.05) is 0 Å². The van der Waals surface area contributed by atoms with Gasteiger partial charge in [-0.25, -0.2) is 4.39 Å². The number of amides is 1. The Labute approximate surface area is 118 Å². The zero-order valence-electron chi connectivity index (χ0n) is 11.5. The molecule has 1 N–H and O–H groups in total. The van der Waals surface area contributed by atoms with Gasteiger partial charge in [0.15, 0.2) is 0 Å². The normalized spacial score (nSPS) is 11.9. The predicted molar refractivity (Wildman–Crippen MR) is 78.1 cm³/mol. The van der Waals surface area contributed by atoms with Gasteiger partial charge in [-0.05, 0) is 37.5 Å². The largest absolute Gasteiger partial charge is 0.349 e. The molecule has 2 aromatic carbocycles. The first kappa shape index (κ1) is 14.3. The zero-order chi connectivity index (χ0) is 14.4. The van der Waals surface area contributed by atoms with Crippen LogP contribution < -0.4 is 5.32 Å². The smallest absolute Gasteiger partial charge is 0.254 e. The number of nitrogens with one attached hydrogen (secondary N) is 1. The van der Waals surface area contributed by atoms with Crippen molar-refractivity contribution in [2.24, 2.45) is 0 Å². The summed E-state index contributed by atoms with van der Waals surface area (Å²) in [6.45, 7) is 1.93. The predicted octanol–water partition coefficient (Wildman–Crippen LogP) is 3.58. The Morgan fingerprint density at radius 3 is 2.45 bits per heavy atom. The fourth-order valence-electron chi connectivity index (χ4n) is 2.05. The lowest BCUT2D eigenvalue weighted by Crippen LogP contribution is -2.33. The quantitative estimate of drug-likeness (QED) is 0.885. The Balaban J connectivity index is 1.87. The zero-order valence-corrected chi connectivity index (χ0v) is 11.5. The second kappa shape index (κ2) is 6.85. The van der Waals surface area contributed by atoms with Gasteiger partial charge >= 0.3 is 0 Å². The highest BCUT2D eigenvalue weighted by atomic mass is 19.1. The van der Waals surface area contributed by atoms with Crippen molar-refractivity contribution in [1.29, 1.82) is 0 Å². The molecule has 0 aliphatic heterocycles. The molecule has 0 unspecified atom stereocenters. The molecular formula is C17H18FNO. The summed E-state index contributed by atoms with van der Waals surface area (Å²) in [6, 6.07) is 16.1. The van der Waals surface area contributed by atoms with Crippen molar-refractivity contribution in [3.63, 3.8) is 0 Å². The van der Waals surface area contributed by atoms with E-state index in [0.717, 1.165) is 12.8 Å². The van der Waals surface area contributed by atoms with E-state index in [0.29, 0.717) is 0 Å². The van der Waals surface area contributed by atoms with E-state index in [1.165, 1.54) is 17.7 Å². The first-order chi connectivity index (χ1) is 9.66. The molecule has 2 aromatic rings. The molecule has 0 aliphatic rings. The van der Waals surface area contributed by atoms with E-state index in [2.05, 4.69) is 17.4 Å². The topological polar surface area (TPSA) is 29.1 Å². The average Bonchev–Trinajstić information content (AvgIpc) is 2.46. The molecule has 0 aromatic heterocycles. The first-order valence-corrected chi connectivity index (χ1v) is 6.76. The Morgan fingerprint density at radius 2 is 1.75 bits per heavy atom. The molecule has 20 heavy (non-hydrogen) atoms. The third-order valence-corrected chi connectivity index (χ3v) is 3.20. The molecule has 1 amide bonds. The van der Waals surface area contributed by atoms with Gasteiger partial charge in [-0.3, -0.25) is 4.79 Å². The molecule has 0 saturated carbocycles. The summed E-state index contributed by atoms with van der Waals surface area (Å²) >= 11 is 0. The lowest BCUT2D eigenvalue weighted by molar-refractivity contribution is 0.0934. The van der Waals surface area contributed by atoms with Crippen molar-refractivity contribution in [3.8, 4) is 0 Å². The van der Waals surface area contributed by atoms with E-state index in [1.54, 1.807) is 12.1 Å². The standard InChI is InChI=1S/C17H18FNO/c1-13(11-12-14-7-3-2-4-8-14)19-17(20)15-9-5-6-10-16(15)18/h2-10,13H,11-12H2,1H3,(H,19,20)/t13-/m1/s1. The fraction of sp³-hybridized carbons (Fsp3) is 0.235. The number of rotatable bonds is 5. The van der Waals surface area contributed by atoms with Crippen LogP contribution in [0.2, 0.25) is 0 Å². The number of halogens is 1. The summed E-state index contributed by atoms with van der Waals surface area (Å²) in [6.07, 6.45) is 1.71. The molecule has 0 bridgehead atoms. The molecule has 0 saturated heterocycles. The molecule has 3 heteroatoms. The van der Waals surface area contributed by atoms with Crippen LogP contribution in [0.3, 0.4) is 0 Å². The van der Waals surface area contributed by atoms with Gasteiger partial charge in [0.2, 0.25) is 0 Å². The van der Waals surface area contributed by atoms with E-state index in [-0.39, 0.29) is 17.5 Å². The molecule has 0 spiro atoms. The number of hydrogen-bond acceptors (Lipinski definition) is 1. The van der Waals surface area contributed by atoms with Crippen LogP contribution in [0.5, 0.6) is 0 Å². The van der Waals surface area contributed by atoms with Gasteiger partial charge in [0, 0.05) is 6.04 Å². The Morgan fingerprint density at radius 1 is 1.10 bits per heavy atom. The van der Waals surface area contributed by atoms with Crippen LogP contribution in [0, 0.1) is 5.82 Å². The van der Waals surface area contributed by atoms with Crippen molar-refractivity contribution in [2.45, 2.75) is 25.8 Å². The number of carbonyl (C=O) groups is 1. The fourth-order valence-corrected chi connectivity index (χ4v) is 2.05. The summed E-state index contributed by atoms with van der Waals surface area (Å²) in [7, 11) is 0. The highest BCUT2D eigenvalue weighted by Crippen LogP contribution is 2.08. The van der Waals surface area contributed by atoms with Crippen LogP contribution in [0.1, 0.15) is 29.3 Å². The van der Waals surface area contributed by atoms with Gasteiger partial charge < -0.3 is 5.32 Å². The van der Waals surface area contributed by atoms with Crippen LogP contribution in [0.15, 0.2) is 54.6 Å². The van der Waals surface area contributed by atoms with Crippen LogP contribution in [0.4, 0.5) is 4.39 Å². The van der Waals surface area contributed by atoms with Gasteiger partial charge in [0.25, 0.3) is 5.91 Å². The third-order valence-electron chi connectivity index (χ3n) is 3.20. The molecule has 0 fully saturated rings. The van der Waals surface area contributed by atoms with Crippen molar-refractivity contribution < 1.29 is 9.18 Å². The maximum atomic E-state index is 13.5. The van der Waals surface area contributed by atoms with Crippen molar-refractivity contribution in [1.82, 2.24) is 5.32 Å². The van der Waals surface area contributed by atoms with Gasteiger partial charge in [-0.15, -0.1) is 0 Å². The van der Waals surface area contributed by atoms with Crippen LogP contribution >= 0.6 is 0 Å². The Kier molecular flexibility index (Phi) is 4.88. The van der Waals surface area contributed by atoms with E-state index < -0.39 is 5.82 Å². The summed E-state index contributed by atoms with van der Waals surface area (Å²) < 4.78 is 13.5. The number of hydrogen-bond donors (Lipinski definition) is 1. The van der Waals surface area contributed by atoms with E-state index in [9.17, 15) is 9.18 Å². The van der Waals surface area contributed by atoms with Gasteiger partial charge in [-0.2, -0.15) is 0 Å². The first-order valence-electron chi connectivity index (χ1n) is 6.76. The van der Waals surface area contributed by atoms with E-state index in [4.69, 9.17) is 0 Å². The molecule has 0 radical (unpaired) electrons. The third kappa shape index (κ3) is 3.92. The molecular weight excluding hydrogens is 253 g/mol. The van der Waals surface area contributed by atoms with E-state index >= 15 is 0 Å². The van der Waals surface area contributed by atoms with Crippen molar-refractivity contribution >= 4 is 5.91 Å². The maximum absolute atomic E-state index is 13.5. The summed E-state index contributed by atoms with van der Waals surface area (Å²) in [5, 5.41) is 2.83. The minimum atomic E-state index is -0.486. The van der Waals surface area contributed by atoms with Crippen LogP contribution in [-0.2, 0) is 6.42 Å². The Hall–Kier alpha value is -2.16. The SMILES string of the molecule is C[C@H](CCc1ccccc1)NC(=O)c1ccccc1F. The van der Waals surface area contributed by atoms with Gasteiger partial charge in [0.1, 0.15) is 5.82 Å². The number of aryl methyl sites for hydroxylation is 1. The second-order valence-electron chi connectivity index (χ2n) is 4.88. The summed E-state index contributed by atoms with van der Waals surface area (Å²) in [4.78, 5) is 11.9.